The van der Waals surface area contributed by atoms with Crippen LogP contribution in [0, 0.1) is 5.92 Å². The highest BCUT2D eigenvalue weighted by molar-refractivity contribution is 5.35. The van der Waals surface area contributed by atoms with E-state index in [1.54, 1.807) is 6.07 Å². The molecule has 1 aromatic rings. The fourth-order valence-electron chi connectivity index (χ4n) is 1.83. The SMILES string of the molecule is COCC(C)CC(O)c1ccccc1OC(F)(F)F. The van der Waals surface area contributed by atoms with Crippen molar-refractivity contribution in [3.63, 3.8) is 0 Å². The summed E-state index contributed by atoms with van der Waals surface area (Å²) in [5.41, 5.74) is 0.128. The number of methoxy groups -OCH3 is 1. The van der Waals surface area contributed by atoms with Gasteiger partial charge < -0.3 is 14.6 Å². The predicted molar refractivity (Wildman–Crippen MR) is 63.7 cm³/mol. The first-order valence-electron chi connectivity index (χ1n) is 5.85. The Morgan fingerprint density at radius 3 is 2.47 bits per heavy atom. The molecule has 108 valence electrons. The Kier molecular flexibility index (Phi) is 5.62. The largest absolute Gasteiger partial charge is 0.573 e. The van der Waals surface area contributed by atoms with E-state index in [9.17, 15) is 18.3 Å². The zero-order valence-electron chi connectivity index (χ0n) is 10.8. The highest BCUT2D eigenvalue weighted by Gasteiger charge is 2.32. The van der Waals surface area contributed by atoms with Crippen molar-refractivity contribution in [1.82, 2.24) is 0 Å². The van der Waals surface area contributed by atoms with E-state index in [0.29, 0.717) is 13.0 Å². The Morgan fingerprint density at radius 2 is 1.89 bits per heavy atom. The summed E-state index contributed by atoms with van der Waals surface area (Å²) in [5, 5.41) is 9.99. The van der Waals surface area contributed by atoms with Gasteiger partial charge in [0.1, 0.15) is 5.75 Å². The number of para-hydroxylation sites is 1. The Hall–Kier alpha value is -1.27. The topological polar surface area (TPSA) is 38.7 Å². The summed E-state index contributed by atoms with van der Waals surface area (Å²) in [6, 6.07) is 5.59. The predicted octanol–water partition coefficient (Wildman–Crippen LogP) is 3.29. The molecule has 19 heavy (non-hydrogen) atoms. The third-order valence-corrected chi connectivity index (χ3v) is 2.58. The van der Waals surface area contributed by atoms with Crippen molar-refractivity contribution in [3.05, 3.63) is 29.8 Å². The van der Waals surface area contributed by atoms with E-state index >= 15 is 0 Å². The summed E-state index contributed by atoms with van der Waals surface area (Å²) in [5.74, 6) is -0.342. The summed E-state index contributed by atoms with van der Waals surface area (Å²) in [7, 11) is 1.53. The van der Waals surface area contributed by atoms with Crippen molar-refractivity contribution < 1.29 is 27.8 Å². The van der Waals surface area contributed by atoms with Crippen molar-refractivity contribution in [3.8, 4) is 5.75 Å². The van der Waals surface area contributed by atoms with E-state index in [-0.39, 0.29) is 17.2 Å². The first-order valence-corrected chi connectivity index (χ1v) is 5.85. The van der Waals surface area contributed by atoms with E-state index in [1.165, 1.54) is 25.3 Å². The van der Waals surface area contributed by atoms with Gasteiger partial charge in [0.15, 0.2) is 0 Å². The molecule has 0 radical (unpaired) electrons. The van der Waals surface area contributed by atoms with Crippen molar-refractivity contribution in [2.24, 2.45) is 5.92 Å². The second kappa shape index (κ2) is 6.77. The summed E-state index contributed by atoms with van der Waals surface area (Å²) >= 11 is 0. The van der Waals surface area contributed by atoms with E-state index in [2.05, 4.69) is 4.74 Å². The van der Waals surface area contributed by atoms with Crippen LogP contribution in [0.2, 0.25) is 0 Å². The number of aliphatic hydroxyl groups excluding tert-OH is 1. The van der Waals surface area contributed by atoms with Gasteiger partial charge in [-0.3, -0.25) is 0 Å². The van der Waals surface area contributed by atoms with Crippen LogP contribution in [0.25, 0.3) is 0 Å². The standard InChI is InChI=1S/C13H17F3O3/c1-9(8-18-2)7-11(17)10-5-3-4-6-12(10)19-13(14,15)16/h3-6,9,11,17H,7-8H2,1-2H3. The Bertz CT molecular complexity index is 393. The van der Waals surface area contributed by atoms with Crippen LogP contribution >= 0.6 is 0 Å². The van der Waals surface area contributed by atoms with Crippen LogP contribution in [-0.4, -0.2) is 25.2 Å². The monoisotopic (exact) mass is 278 g/mol. The molecule has 6 heteroatoms. The highest BCUT2D eigenvalue weighted by Crippen LogP contribution is 2.32. The summed E-state index contributed by atoms with van der Waals surface area (Å²) in [6.45, 7) is 2.28. The molecule has 0 bridgehead atoms. The van der Waals surface area contributed by atoms with Crippen LogP contribution in [0.5, 0.6) is 5.75 Å². The number of hydrogen-bond donors (Lipinski definition) is 1. The fourth-order valence-corrected chi connectivity index (χ4v) is 1.83. The number of benzene rings is 1. The number of halogens is 3. The van der Waals surface area contributed by atoms with Crippen molar-refractivity contribution in [2.45, 2.75) is 25.8 Å². The number of alkyl halides is 3. The average molecular weight is 278 g/mol. The minimum atomic E-state index is -4.77. The lowest BCUT2D eigenvalue weighted by atomic mass is 9.98. The molecule has 2 atom stereocenters. The van der Waals surface area contributed by atoms with Crippen LogP contribution in [0.3, 0.4) is 0 Å². The number of hydrogen-bond acceptors (Lipinski definition) is 3. The van der Waals surface area contributed by atoms with Gasteiger partial charge in [0, 0.05) is 19.3 Å². The molecule has 0 amide bonds. The molecule has 3 nitrogen and oxygen atoms in total. The first kappa shape index (κ1) is 15.8. The Labute approximate surface area is 110 Å². The maximum Gasteiger partial charge on any atom is 0.573 e. The van der Waals surface area contributed by atoms with Crippen LogP contribution in [0.1, 0.15) is 25.0 Å². The first-order chi connectivity index (χ1) is 8.83. The zero-order valence-corrected chi connectivity index (χ0v) is 10.8. The molecular formula is C13H17F3O3. The Balaban J connectivity index is 2.81. The number of aliphatic hydroxyl groups is 1. The quantitative estimate of drug-likeness (QED) is 0.867. The van der Waals surface area contributed by atoms with Gasteiger partial charge in [-0.15, -0.1) is 13.2 Å². The van der Waals surface area contributed by atoms with Gasteiger partial charge in [-0.1, -0.05) is 25.1 Å². The average Bonchev–Trinajstić information content (AvgIpc) is 2.27. The van der Waals surface area contributed by atoms with Gasteiger partial charge >= 0.3 is 6.36 Å². The van der Waals surface area contributed by atoms with Gasteiger partial charge in [0.05, 0.1) is 6.10 Å². The van der Waals surface area contributed by atoms with Gasteiger partial charge in [-0.25, -0.2) is 0 Å². The van der Waals surface area contributed by atoms with E-state index in [1.807, 2.05) is 6.92 Å². The van der Waals surface area contributed by atoms with Crippen LogP contribution in [0.4, 0.5) is 13.2 Å². The van der Waals surface area contributed by atoms with Crippen molar-refractivity contribution in [1.29, 1.82) is 0 Å². The Morgan fingerprint density at radius 1 is 1.26 bits per heavy atom. The molecule has 0 spiro atoms. The minimum Gasteiger partial charge on any atom is -0.405 e. The fraction of sp³-hybridized carbons (Fsp3) is 0.538. The smallest absolute Gasteiger partial charge is 0.405 e. The lowest BCUT2D eigenvalue weighted by molar-refractivity contribution is -0.275. The molecule has 1 N–H and O–H groups in total. The van der Waals surface area contributed by atoms with Gasteiger partial charge in [-0.05, 0) is 18.4 Å². The van der Waals surface area contributed by atoms with Crippen molar-refractivity contribution in [2.75, 3.05) is 13.7 Å². The second-order valence-electron chi connectivity index (χ2n) is 4.40. The molecule has 1 aromatic carbocycles. The van der Waals surface area contributed by atoms with E-state index < -0.39 is 12.5 Å². The molecule has 2 unspecified atom stereocenters. The van der Waals surface area contributed by atoms with Gasteiger partial charge in [0.25, 0.3) is 0 Å². The molecule has 0 saturated heterocycles. The van der Waals surface area contributed by atoms with Crippen LogP contribution in [0.15, 0.2) is 24.3 Å². The van der Waals surface area contributed by atoms with Gasteiger partial charge in [0.2, 0.25) is 0 Å². The molecule has 0 aliphatic heterocycles. The normalized spacial score (nSPS) is 15.1. The lowest BCUT2D eigenvalue weighted by Gasteiger charge is -2.19. The molecule has 0 heterocycles. The molecule has 0 aromatic heterocycles. The van der Waals surface area contributed by atoms with Crippen molar-refractivity contribution >= 4 is 0 Å². The summed E-state index contributed by atoms with van der Waals surface area (Å²) < 4.78 is 45.6. The second-order valence-corrected chi connectivity index (χ2v) is 4.40. The maximum absolute atomic E-state index is 12.2. The van der Waals surface area contributed by atoms with Gasteiger partial charge in [-0.2, -0.15) is 0 Å². The highest BCUT2D eigenvalue weighted by atomic mass is 19.4. The molecule has 0 saturated carbocycles. The number of rotatable bonds is 6. The van der Waals surface area contributed by atoms with Crippen LogP contribution < -0.4 is 4.74 Å². The summed E-state index contributed by atoms with van der Waals surface area (Å²) in [6.07, 6.45) is -5.50. The lowest BCUT2D eigenvalue weighted by Crippen LogP contribution is -2.19. The molecule has 1 rings (SSSR count). The van der Waals surface area contributed by atoms with Crippen LogP contribution in [-0.2, 0) is 4.74 Å². The third-order valence-electron chi connectivity index (χ3n) is 2.58. The van der Waals surface area contributed by atoms with E-state index in [4.69, 9.17) is 4.74 Å². The third kappa shape index (κ3) is 5.48. The minimum absolute atomic E-state index is 0.0268. The zero-order chi connectivity index (χ0) is 14.5. The number of ether oxygens (including phenoxy) is 2. The molecule has 0 fully saturated rings. The molecular weight excluding hydrogens is 261 g/mol. The van der Waals surface area contributed by atoms with E-state index in [0.717, 1.165) is 0 Å². The summed E-state index contributed by atoms with van der Waals surface area (Å²) in [4.78, 5) is 0. The maximum atomic E-state index is 12.2. The molecule has 0 aliphatic carbocycles. The molecule has 0 aliphatic rings.